The molecular formula is C24H33N3O4. The molecule has 0 radical (unpaired) electrons. The van der Waals surface area contributed by atoms with Crippen molar-refractivity contribution < 1.29 is 19.1 Å². The Hall–Kier alpha value is -2.25. The maximum Gasteiger partial charge on any atom is 0.261 e. The van der Waals surface area contributed by atoms with E-state index in [9.17, 15) is 14.4 Å². The molecule has 168 valence electrons. The first-order valence-electron chi connectivity index (χ1n) is 11.7. The highest BCUT2D eigenvalue weighted by Crippen LogP contribution is 2.34. The Morgan fingerprint density at radius 3 is 2.48 bits per heavy atom. The number of carbonyl (C=O) groups is 3. The summed E-state index contributed by atoms with van der Waals surface area (Å²) in [7, 11) is 0. The van der Waals surface area contributed by atoms with Gasteiger partial charge in [-0.1, -0.05) is 32.6 Å². The third-order valence-corrected chi connectivity index (χ3v) is 7.01. The fraction of sp³-hybridized carbons (Fsp3) is 0.625. The van der Waals surface area contributed by atoms with Crippen molar-refractivity contribution in [1.82, 2.24) is 15.1 Å². The third kappa shape index (κ3) is 4.39. The number of imide groups is 1. The second-order valence-corrected chi connectivity index (χ2v) is 8.94. The van der Waals surface area contributed by atoms with Crippen LogP contribution in [0, 0.1) is 0 Å². The summed E-state index contributed by atoms with van der Waals surface area (Å²) in [4.78, 5) is 42.0. The van der Waals surface area contributed by atoms with Gasteiger partial charge in [0.25, 0.3) is 17.7 Å². The van der Waals surface area contributed by atoms with Crippen LogP contribution in [0.2, 0.25) is 0 Å². The van der Waals surface area contributed by atoms with E-state index in [-0.39, 0.29) is 23.3 Å². The zero-order valence-corrected chi connectivity index (χ0v) is 18.5. The number of fused-ring (bicyclic) bond motifs is 1. The third-order valence-electron chi connectivity index (χ3n) is 7.01. The van der Waals surface area contributed by atoms with Gasteiger partial charge < -0.3 is 10.1 Å². The molecule has 7 nitrogen and oxygen atoms in total. The number of nitrogens with one attached hydrogen (secondary N) is 1. The summed E-state index contributed by atoms with van der Waals surface area (Å²) >= 11 is 0. The lowest BCUT2D eigenvalue weighted by molar-refractivity contribution is -0.0361. The highest BCUT2D eigenvalue weighted by molar-refractivity contribution is 6.22. The van der Waals surface area contributed by atoms with E-state index in [2.05, 4.69) is 10.2 Å². The van der Waals surface area contributed by atoms with Gasteiger partial charge in [0.1, 0.15) is 0 Å². The average molecular weight is 428 g/mol. The Kier molecular flexibility index (Phi) is 6.72. The van der Waals surface area contributed by atoms with Crippen LogP contribution in [-0.2, 0) is 4.74 Å². The van der Waals surface area contributed by atoms with Crippen LogP contribution in [0.1, 0.15) is 82.9 Å². The van der Waals surface area contributed by atoms with Crippen molar-refractivity contribution in [2.45, 2.75) is 57.4 Å². The van der Waals surface area contributed by atoms with Crippen molar-refractivity contribution in [3.63, 3.8) is 0 Å². The number of ether oxygens (including phenoxy) is 1. The summed E-state index contributed by atoms with van der Waals surface area (Å²) < 4.78 is 5.53. The highest BCUT2D eigenvalue weighted by Gasteiger charge is 2.39. The minimum absolute atomic E-state index is 0.0167. The van der Waals surface area contributed by atoms with Crippen molar-refractivity contribution in [3.05, 3.63) is 34.9 Å². The number of hydrogen-bond donors (Lipinski definition) is 1. The van der Waals surface area contributed by atoms with Gasteiger partial charge in [-0.25, -0.2) is 0 Å². The van der Waals surface area contributed by atoms with Gasteiger partial charge in [0.15, 0.2) is 0 Å². The average Bonchev–Trinajstić information content (AvgIpc) is 3.06. The summed E-state index contributed by atoms with van der Waals surface area (Å²) in [5.41, 5.74) is 1.16. The maximum atomic E-state index is 13.0. The molecule has 3 aliphatic rings. The van der Waals surface area contributed by atoms with Gasteiger partial charge in [0.05, 0.1) is 24.3 Å². The Labute approximate surface area is 184 Å². The van der Waals surface area contributed by atoms with E-state index in [0.717, 1.165) is 52.0 Å². The standard InChI is InChI=1S/C24H33N3O4/c1-2-3-11-27-22(29)19-8-7-18(16-20(19)23(27)30)21(28)25-17-24(9-5-4-6-10-24)26-12-14-31-15-13-26/h7-8,16H,2-6,9-15,17H2,1H3,(H,25,28). The fourth-order valence-electron chi connectivity index (χ4n) is 5.15. The number of amides is 3. The van der Waals surface area contributed by atoms with Crippen LogP contribution in [0.4, 0.5) is 0 Å². The Balaban J connectivity index is 1.46. The SMILES string of the molecule is CCCCN1C(=O)c2ccc(C(=O)NCC3(N4CCOCC4)CCCCC3)cc2C1=O. The van der Waals surface area contributed by atoms with E-state index in [4.69, 9.17) is 4.74 Å². The van der Waals surface area contributed by atoms with Crippen molar-refractivity contribution in [2.24, 2.45) is 0 Å². The van der Waals surface area contributed by atoms with Gasteiger partial charge in [-0.3, -0.25) is 24.2 Å². The van der Waals surface area contributed by atoms with E-state index in [1.54, 1.807) is 18.2 Å². The lowest BCUT2D eigenvalue weighted by atomic mass is 9.79. The molecule has 0 unspecified atom stereocenters. The van der Waals surface area contributed by atoms with E-state index in [1.807, 2.05) is 6.92 Å². The molecule has 0 aromatic heterocycles. The van der Waals surface area contributed by atoms with Crippen LogP contribution in [0.25, 0.3) is 0 Å². The molecule has 0 bridgehead atoms. The number of benzene rings is 1. The second kappa shape index (κ2) is 9.49. The summed E-state index contributed by atoms with van der Waals surface area (Å²) in [5, 5.41) is 3.14. The molecule has 31 heavy (non-hydrogen) atoms. The zero-order valence-electron chi connectivity index (χ0n) is 18.5. The molecule has 0 atom stereocenters. The number of nitrogens with zero attached hydrogens (tertiary/aromatic N) is 2. The molecule has 1 saturated carbocycles. The van der Waals surface area contributed by atoms with Crippen molar-refractivity contribution >= 4 is 17.7 Å². The molecule has 2 heterocycles. The molecule has 1 aliphatic carbocycles. The normalized spacial score (nSPS) is 21.3. The first kappa shape index (κ1) is 22.0. The van der Waals surface area contributed by atoms with E-state index in [1.165, 1.54) is 24.2 Å². The van der Waals surface area contributed by atoms with E-state index in [0.29, 0.717) is 29.8 Å². The van der Waals surface area contributed by atoms with Crippen LogP contribution in [0.15, 0.2) is 18.2 Å². The van der Waals surface area contributed by atoms with Gasteiger partial charge in [0.2, 0.25) is 0 Å². The monoisotopic (exact) mass is 427 g/mol. The molecule has 1 aromatic rings. The van der Waals surface area contributed by atoms with Gasteiger partial charge in [-0.2, -0.15) is 0 Å². The minimum Gasteiger partial charge on any atom is -0.379 e. The Morgan fingerprint density at radius 2 is 1.77 bits per heavy atom. The predicted molar refractivity (Wildman–Crippen MR) is 117 cm³/mol. The molecule has 0 spiro atoms. The van der Waals surface area contributed by atoms with Gasteiger partial charge in [-0.05, 0) is 37.5 Å². The van der Waals surface area contributed by atoms with Crippen LogP contribution < -0.4 is 5.32 Å². The topological polar surface area (TPSA) is 79.0 Å². The number of morpholine rings is 1. The number of carbonyl (C=O) groups excluding carboxylic acids is 3. The van der Waals surface area contributed by atoms with Crippen molar-refractivity contribution in [3.8, 4) is 0 Å². The quantitative estimate of drug-likeness (QED) is 0.677. The molecule has 7 heteroatoms. The molecule has 2 aliphatic heterocycles. The zero-order chi connectivity index (χ0) is 21.8. The predicted octanol–water partition coefficient (Wildman–Crippen LogP) is 2.85. The minimum atomic E-state index is -0.292. The smallest absolute Gasteiger partial charge is 0.261 e. The van der Waals surface area contributed by atoms with Gasteiger partial charge in [0, 0.05) is 37.3 Å². The summed E-state index contributed by atoms with van der Waals surface area (Å²) in [6.07, 6.45) is 7.45. The summed E-state index contributed by atoms with van der Waals surface area (Å²) in [6, 6.07) is 4.86. The summed E-state index contributed by atoms with van der Waals surface area (Å²) in [5.74, 6) is -0.734. The fourth-order valence-corrected chi connectivity index (χ4v) is 5.15. The number of rotatable bonds is 7. The summed E-state index contributed by atoms with van der Waals surface area (Å²) in [6.45, 7) is 6.33. The molecular weight excluding hydrogens is 394 g/mol. The lowest BCUT2D eigenvalue weighted by Crippen LogP contribution is -2.59. The first-order valence-corrected chi connectivity index (χ1v) is 11.7. The maximum absolute atomic E-state index is 13.0. The molecule has 4 rings (SSSR count). The molecule has 1 saturated heterocycles. The van der Waals surface area contributed by atoms with Crippen molar-refractivity contribution in [2.75, 3.05) is 39.4 Å². The van der Waals surface area contributed by atoms with Gasteiger partial charge >= 0.3 is 0 Å². The van der Waals surface area contributed by atoms with Crippen LogP contribution >= 0.6 is 0 Å². The molecule has 1 aromatic carbocycles. The van der Waals surface area contributed by atoms with Crippen LogP contribution in [0.5, 0.6) is 0 Å². The second-order valence-electron chi connectivity index (χ2n) is 8.94. The van der Waals surface area contributed by atoms with Crippen LogP contribution in [0.3, 0.4) is 0 Å². The van der Waals surface area contributed by atoms with Crippen molar-refractivity contribution in [1.29, 1.82) is 0 Å². The highest BCUT2D eigenvalue weighted by atomic mass is 16.5. The molecule has 2 fully saturated rings. The first-order chi connectivity index (χ1) is 15.1. The number of unbranched alkanes of at least 4 members (excludes halogenated alkanes) is 1. The largest absolute Gasteiger partial charge is 0.379 e. The van der Waals surface area contributed by atoms with Crippen LogP contribution in [-0.4, -0.2) is 72.5 Å². The molecule has 1 N–H and O–H groups in total. The number of hydrogen-bond acceptors (Lipinski definition) is 5. The van der Waals surface area contributed by atoms with E-state index >= 15 is 0 Å². The molecule has 3 amide bonds. The Morgan fingerprint density at radius 1 is 1.06 bits per heavy atom. The Bertz CT molecular complexity index is 841. The lowest BCUT2D eigenvalue weighted by Gasteiger charge is -2.48. The van der Waals surface area contributed by atoms with Gasteiger partial charge in [-0.15, -0.1) is 0 Å². The van der Waals surface area contributed by atoms with E-state index < -0.39 is 0 Å².